The molecule has 0 heterocycles. The van der Waals surface area contributed by atoms with Crippen molar-refractivity contribution >= 4 is 22.9 Å². The van der Waals surface area contributed by atoms with Crippen LogP contribution >= 0.6 is 12.2 Å². The second-order valence-electron chi connectivity index (χ2n) is 4.74. The van der Waals surface area contributed by atoms with Crippen LogP contribution in [-0.4, -0.2) is 18.6 Å². The van der Waals surface area contributed by atoms with E-state index in [0.717, 1.165) is 35.9 Å². The van der Waals surface area contributed by atoms with Gasteiger partial charge in [0.1, 0.15) is 10.7 Å². The van der Waals surface area contributed by atoms with Crippen LogP contribution in [0.5, 0.6) is 5.75 Å². The predicted octanol–water partition coefficient (Wildman–Crippen LogP) is 3.18. The zero-order valence-electron chi connectivity index (χ0n) is 11.3. The van der Waals surface area contributed by atoms with E-state index in [4.69, 9.17) is 22.7 Å². The molecule has 0 radical (unpaired) electrons. The highest BCUT2D eigenvalue weighted by Gasteiger charge is 2.06. The molecule has 4 heteroatoms. The number of hydrogen-bond donors (Lipinski definition) is 2. The molecule has 0 spiro atoms. The van der Waals surface area contributed by atoms with E-state index in [0.29, 0.717) is 4.99 Å². The molecule has 1 rings (SSSR count). The van der Waals surface area contributed by atoms with E-state index in [1.807, 2.05) is 18.2 Å². The van der Waals surface area contributed by atoms with Crippen molar-refractivity contribution in [1.29, 1.82) is 0 Å². The minimum absolute atomic E-state index is 0.406. The number of hydrogen-bond acceptors (Lipinski definition) is 3. The first-order valence-corrected chi connectivity index (χ1v) is 6.67. The van der Waals surface area contributed by atoms with Gasteiger partial charge in [-0.15, -0.1) is 0 Å². The highest BCUT2D eigenvalue weighted by Crippen LogP contribution is 2.22. The molecule has 0 fully saturated rings. The fourth-order valence-electron chi connectivity index (χ4n) is 1.74. The van der Waals surface area contributed by atoms with Crippen molar-refractivity contribution in [3.05, 3.63) is 23.8 Å². The number of nitrogens with one attached hydrogen (secondary N) is 1. The minimum atomic E-state index is 0.406. The van der Waals surface area contributed by atoms with Gasteiger partial charge in [-0.2, -0.15) is 0 Å². The van der Waals surface area contributed by atoms with Crippen LogP contribution in [0, 0.1) is 5.92 Å². The summed E-state index contributed by atoms with van der Waals surface area (Å²) in [5.41, 5.74) is 7.53. The number of benzene rings is 1. The molecule has 0 atom stereocenters. The van der Waals surface area contributed by atoms with Gasteiger partial charge in [0.15, 0.2) is 0 Å². The summed E-state index contributed by atoms with van der Waals surface area (Å²) < 4.78 is 5.21. The molecule has 0 aliphatic carbocycles. The maximum atomic E-state index is 5.71. The summed E-state index contributed by atoms with van der Waals surface area (Å²) in [7, 11) is 1.65. The molecule has 0 amide bonds. The maximum absolute atomic E-state index is 5.71. The van der Waals surface area contributed by atoms with E-state index in [2.05, 4.69) is 19.2 Å². The number of ether oxygens (including phenoxy) is 1. The summed E-state index contributed by atoms with van der Waals surface area (Å²) in [4.78, 5) is 0.406. The summed E-state index contributed by atoms with van der Waals surface area (Å²) in [6.07, 6.45) is 2.34. The van der Waals surface area contributed by atoms with Gasteiger partial charge < -0.3 is 15.8 Å². The number of rotatable bonds is 7. The standard InChI is InChI=1S/C14H22N2OS/c1-10(2)5-4-8-16-13-9-11(17-3)6-7-12(13)14(15)18/h6-7,9-10,16H,4-5,8H2,1-3H3,(H2,15,18). The Morgan fingerprint density at radius 2 is 2.17 bits per heavy atom. The fourth-order valence-corrected chi connectivity index (χ4v) is 1.92. The van der Waals surface area contributed by atoms with Gasteiger partial charge in [0.05, 0.1) is 7.11 Å². The van der Waals surface area contributed by atoms with Gasteiger partial charge in [-0.3, -0.25) is 0 Å². The molecule has 0 saturated heterocycles. The van der Waals surface area contributed by atoms with Crippen LogP contribution in [0.25, 0.3) is 0 Å². The van der Waals surface area contributed by atoms with Crippen LogP contribution in [0.3, 0.4) is 0 Å². The number of nitrogens with two attached hydrogens (primary N) is 1. The van der Waals surface area contributed by atoms with Crippen LogP contribution in [-0.2, 0) is 0 Å². The minimum Gasteiger partial charge on any atom is -0.497 e. The molecule has 3 nitrogen and oxygen atoms in total. The zero-order chi connectivity index (χ0) is 13.5. The average molecular weight is 266 g/mol. The molecular weight excluding hydrogens is 244 g/mol. The van der Waals surface area contributed by atoms with Crippen LogP contribution in [0.2, 0.25) is 0 Å². The van der Waals surface area contributed by atoms with E-state index in [1.165, 1.54) is 6.42 Å². The smallest absolute Gasteiger partial charge is 0.120 e. The topological polar surface area (TPSA) is 47.3 Å². The van der Waals surface area contributed by atoms with Gasteiger partial charge in [0.2, 0.25) is 0 Å². The molecule has 0 unspecified atom stereocenters. The monoisotopic (exact) mass is 266 g/mol. The molecule has 3 N–H and O–H groups in total. The van der Waals surface area contributed by atoms with Crippen molar-refractivity contribution in [2.45, 2.75) is 26.7 Å². The third kappa shape index (κ3) is 4.53. The first-order chi connectivity index (χ1) is 8.54. The van der Waals surface area contributed by atoms with Gasteiger partial charge in [0.25, 0.3) is 0 Å². The van der Waals surface area contributed by atoms with Crippen molar-refractivity contribution in [2.75, 3.05) is 19.0 Å². The van der Waals surface area contributed by atoms with Crippen molar-refractivity contribution in [1.82, 2.24) is 0 Å². The Balaban J connectivity index is 2.69. The lowest BCUT2D eigenvalue weighted by molar-refractivity contribution is 0.415. The molecule has 1 aromatic carbocycles. The lowest BCUT2D eigenvalue weighted by Crippen LogP contribution is -2.14. The van der Waals surface area contributed by atoms with Crippen LogP contribution in [0.4, 0.5) is 5.69 Å². The number of thiocarbonyl (C=S) groups is 1. The Kier molecular flexibility index (Phi) is 5.92. The summed E-state index contributed by atoms with van der Waals surface area (Å²) in [5.74, 6) is 1.54. The van der Waals surface area contributed by atoms with Crippen LogP contribution in [0.15, 0.2) is 18.2 Å². The highest BCUT2D eigenvalue weighted by atomic mass is 32.1. The van der Waals surface area contributed by atoms with Crippen LogP contribution in [0.1, 0.15) is 32.3 Å². The molecule has 1 aromatic rings. The van der Waals surface area contributed by atoms with E-state index in [-0.39, 0.29) is 0 Å². The molecule has 18 heavy (non-hydrogen) atoms. The Labute approximate surface area is 115 Å². The molecule has 0 saturated carbocycles. The fraction of sp³-hybridized carbons (Fsp3) is 0.500. The third-order valence-electron chi connectivity index (χ3n) is 2.77. The van der Waals surface area contributed by atoms with Crippen LogP contribution < -0.4 is 15.8 Å². The van der Waals surface area contributed by atoms with Crippen molar-refractivity contribution in [3.63, 3.8) is 0 Å². The van der Waals surface area contributed by atoms with E-state index < -0.39 is 0 Å². The largest absolute Gasteiger partial charge is 0.497 e. The molecule has 0 bridgehead atoms. The molecule has 0 aromatic heterocycles. The van der Waals surface area contributed by atoms with Gasteiger partial charge in [-0.25, -0.2) is 0 Å². The van der Waals surface area contributed by atoms with Gasteiger partial charge >= 0.3 is 0 Å². The maximum Gasteiger partial charge on any atom is 0.120 e. The SMILES string of the molecule is COc1ccc(C(N)=S)c(NCCCC(C)C)c1. The van der Waals surface area contributed by atoms with Gasteiger partial charge in [-0.05, 0) is 30.9 Å². The predicted molar refractivity (Wildman–Crippen MR) is 81.4 cm³/mol. The average Bonchev–Trinajstić information content (AvgIpc) is 2.33. The van der Waals surface area contributed by atoms with Crippen molar-refractivity contribution < 1.29 is 4.74 Å². The first kappa shape index (κ1) is 14.8. The first-order valence-electron chi connectivity index (χ1n) is 6.26. The highest BCUT2D eigenvalue weighted by molar-refractivity contribution is 7.80. The summed E-state index contributed by atoms with van der Waals surface area (Å²) in [6, 6.07) is 5.70. The Bertz CT molecular complexity index is 405. The van der Waals surface area contributed by atoms with E-state index >= 15 is 0 Å². The van der Waals surface area contributed by atoms with Gasteiger partial charge in [-0.1, -0.05) is 26.1 Å². The van der Waals surface area contributed by atoms with Gasteiger partial charge in [0, 0.05) is 23.9 Å². The lowest BCUT2D eigenvalue weighted by atomic mass is 10.1. The van der Waals surface area contributed by atoms with Crippen molar-refractivity contribution in [2.24, 2.45) is 11.7 Å². The summed E-state index contributed by atoms with van der Waals surface area (Å²) in [6.45, 7) is 5.37. The zero-order valence-corrected chi connectivity index (χ0v) is 12.1. The van der Waals surface area contributed by atoms with E-state index in [9.17, 15) is 0 Å². The summed E-state index contributed by atoms with van der Waals surface area (Å²) >= 11 is 5.05. The van der Waals surface area contributed by atoms with Crippen molar-refractivity contribution in [3.8, 4) is 5.75 Å². The number of anilines is 1. The molecule has 100 valence electrons. The Hall–Kier alpha value is -1.29. The Morgan fingerprint density at radius 1 is 1.44 bits per heavy atom. The molecule has 0 aliphatic rings. The lowest BCUT2D eigenvalue weighted by Gasteiger charge is -2.13. The van der Waals surface area contributed by atoms with E-state index in [1.54, 1.807) is 7.11 Å². The molecular formula is C14H22N2OS. The quantitative estimate of drug-likeness (QED) is 0.588. The second kappa shape index (κ2) is 7.21. The summed E-state index contributed by atoms with van der Waals surface area (Å²) in [5, 5.41) is 3.38. The molecule has 0 aliphatic heterocycles. The normalized spacial score (nSPS) is 10.4. The third-order valence-corrected chi connectivity index (χ3v) is 2.99. The second-order valence-corrected chi connectivity index (χ2v) is 5.18. The Morgan fingerprint density at radius 3 is 2.72 bits per heavy atom. The number of methoxy groups -OCH3 is 1.